The lowest BCUT2D eigenvalue weighted by Gasteiger charge is -2.10. The van der Waals surface area contributed by atoms with Crippen molar-refractivity contribution < 1.29 is 8.81 Å². The molecule has 0 spiro atoms. The normalized spacial score (nSPS) is 11.1. The fourth-order valence-corrected chi connectivity index (χ4v) is 3.74. The van der Waals surface area contributed by atoms with Crippen LogP contribution in [0.25, 0.3) is 11.4 Å². The molecule has 0 saturated carbocycles. The summed E-state index contributed by atoms with van der Waals surface area (Å²) >= 11 is 1.38. The summed E-state index contributed by atoms with van der Waals surface area (Å²) in [6, 6.07) is 12.1. The van der Waals surface area contributed by atoms with Crippen molar-refractivity contribution >= 4 is 11.8 Å². The van der Waals surface area contributed by atoms with Gasteiger partial charge in [-0.3, -0.25) is 4.57 Å². The van der Waals surface area contributed by atoms with Crippen LogP contribution in [0.1, 0.15) is 24.2 Å². The lowest BCUT2D eigenvalue weighted by molar-refractivity contribution is 0.485. The van der Waals surface area contributed by atoms with E-state index in [1.54, 1.807) is 24.5 Å². The van der Waals surface area contributed by atoms with Gasteiger partial charge in [0.15, 0.2) is 11.0 Å². The largest absolute Gasteiger partial charge is 0.467 e. The van der Waals surface area contributed by atoms with E-state index in [1.807, 2.05) is 36.6 Å². The van der Waals surface area contributed by atoms with Crippen LogP contribution in [-0.2, 0) is 13.0 Å². The lowest BCUT2D eigenvalue weighted by Crippen LogP contribution is -2.04. The minimum atomic E-state index is -0.349. The second-order valence-electron chi connectivity index (χ2n) is 6.15. The fraction of sp³-hybridized carbons (Fsp3) is 0.200. The molecule has 1 aromatic carbocycles. The molecule has 0 N–H and O–H groups in total. The van der Waals surface area contributed by atoms with Crippen LogP contribution >= 0.6 is 11.8 Å². The Balaban J connectivity index is 1.77. The van der Waals surface area contributed by atoms with Crippen molar-refractivity contribution in [2.45, 2.75) is 37.0 Å². The number of rotatable bonds is 6. The Morgan fingerprint density at radius 3 is 2.71 bits per heavy atom. The van der Waals surface area contributed by atoms with E-state index in [9.17, 15) is 4.39 Å². The second kappa shape index (κ2) is 7.93. The predicted octanol–water partition coefficient (Wildman–Crippen LogP) is 4.54. The van der Waals surface area contributed by atoms with Gasteiger partial charge in [-0.2, -0.15) is 0 Å². The molecule has 0 bridgehead atoms. The third kappa shape index (κ3) is 3.82. The van der Waals surface area contributed by atoms with E-state index in [4.69, 9.17) is 4.42 Å². The highest BCUT2D eigenvalue weighted by Gasteiger charge is 2.19. The number of hydrogen-bond donors (Lipinski definition) is 0. The molecular formula is C20H18FN5OS. The van der Waals surface area contributed by atoms with E-state index < -0.39 is 0 Å². The summed E-state index contributed by atoms with van der Waals surface area (Å²) in [6.45, 7) is 4.30. The second-order valence-corrected chi connectivity index (χ2v) is 7.14. The summed E-state index contributed by atoms with van der Waals surface area (Å²) in [5.41, 5.74) is 1.35. The first-order valence-electron chi connectivity index (χ1n) is 8.87. The zero-order valence-corrected chi connectivity index (χ0v) is 16.3. The van der Waals surface area contributed by atoms with Gasteiger partial charge in [0.05, 0.1) is 18.4 Å². The molecule has 6 nitrogen and oxygen atoms in total. The van der Waals surface area contributed by atoms with E-state index in [0.29, 0.717) is 28.9 Å². The average molecular weight is 395 g/mol. The molecule has 0 atom stereocenters. The zero-order valence-electron chi connectivity index (χ0n) is 15.5. The predicted molar refractivity (Wildman–Crippen MR) is 103 cm³/mol. The first-order valence-corrected chi connectivity index (χ1v) is 9.68. The maximum atomic E-state index is 14.4. The number of halogens is 1. The molecule has 0 amide bonds. The molecule has 0 aliphatic rings. The van der Waals surface area contributed by atoms with Crippen LogP contribution in [0.4, 0.5) is 4.39 Å². The summed E-state index contributed by atoms with van der Waals surface area (Å²) in [7, 11) is 0. The molecule has 0 saturated heterocycles. The third-order valence-electron chi connectivity index (χ3n) is 4.15. The molecule has 3 aromatic heterocycles. The fourth-order valence-electron chi connectivity index (χ4n) is 2.83. The summed E-state index contributed by atoms with van der Waals surface area (Å²) in [4.78, 5) is 8.90. The van der Waals surface area contributed by atoms with Gasteiger partial charge in [0.1, 0.15) is 22.4 Å². The van der Waals surface area contributed by atoms with Gasteiger partial charge in [-0.05, 0) is 55.4 Å². The van der Waals surface area contributed by atoms with Crippen molar-refractivity contribution in [2.75, 3.05) is 0 Å². The van der Waals surface area contributed by atoms with Gasteiger partial charge in [-0.25, -0.2) is 14.4 Å². The maximum absolute atomic E-state index is 14.4. The number of benzene rings is 1. The monoisotopic (exact) mass is 395 g/mol. The minimum absolute atomic E-state index is 0.349. The smallest absolute Gasteiger partial charge is 0.198 e. The highest BCUT2D eigenvalue weighted by molar-refractivity contribution is 7.99. The van der Waals surface area contributed by atoms with Crippen molar-refractivity contribution in [1.29, 1.82) is 0 Å². The van der Waals surface area contributed by atoms with Crippen molar-refractivity contribution in [2.24, 2.45) is 0 Å². The number of nitrogens with zero attached hydrogens (tertiary/aromatic N) is 5. The van der Waals surface area contributed by atoms with Gasteiger partial charge in [0.25, 0.3) is 0 Å². The molecule has 3 heterocycles. The molecule has 4 rings (SSSR count). The van der Waals surface area contributed by atoms with Crippen LogP contribution in [0.2, 0.25) is 0 Å². The van der Waals surface area contributed by atoms with Gasteiger partial charge >= 0.3 is 0 Å². The maximum Gasteiger partial charge on any atom is 0.198 e. The van der Waals surface area contributed by atoms with Crippen LogP contribution in [0.15, 0.2) is 63.3 Å². The van der Waals surface area contributed by atoms with E-state index in [-0.39, 0.29) is 5.82 Å². The van der Waals surface area contributed by atoms with Gasteiger partial charge in [-0.15, -0.1) is 10.2 Å². The number of furan rings is 1. The summed E-state index contributed by atoms with van der Waals surface area (Å²) < 4.78 is 21.7. The number of aryl methyl sites for hydroxylation is 2. The van der Waals surface area contributed by atoms with Crippen LogP contribution in [0.5, 0.6) is 0 Å². The molecule has 142 valence electrons. The van der Waals surface area contributed by atoms with Gasteiger partial charge in [0.2, 0.25) is 0 Å². The quantitative estimate of drug-likeness (QED) is 0.447. The number of aromatic nitrogens is 5. The van der Waals surface area contributed by atoms with Crippen LogP contribution in [0, 0.1) is 12.7 Å². The first-order chi connectivity index (χ1) is 13.6. The van der Waals surface area contributed by atoms with E-state index in [0.717, 1.165) is 22.9 Å². The molecule has 0 radical (unpaired) electrons. The third-order valence-corrected chi connectivity index (χ3v) is 5.05. The number of hydrogen-bond acceptors (Lipinski definition) is 6. The first kappa shape index (κ1) is 18.4. The minimum Gasteiger partial charge on any atom is -0.467 e. The van der Waals surface area contributed by atoms with Crippen LogP contribution in [-0.4, -0.2) is 24.7 Å². The molecule has 0 fully saturated rings. The SMILES string of the molecule is CCc1cc(Sc2nnc(-c3ccccc3F)n2Cc2ccco2)nc(C)n1. The van der Waals surface area contributed by atoms with E-state index in [2.05, 4.69) is 20.2 Å². The van der Waals surface area contributed by atoms with E-state index >= 15 is 0 Å². The standard InChI is InChI=1S/C20H18FN5OS/c1-3-14-11-18(23-13(2)22-14)28-20-25-24-19(16-8-4-5-9-17(16)21)26(20)12-15-7-6-10-27-15/h4-11H,3,12H2,1-2H3. The highest BCUT2D eigenvalue weighted by atomic mass is 32.2. The Hall–Kier alpha value is -3.00. The summed E-state index contributed by atoms with van der Waals surface area (Å²) in [6.07, 6.45) is 2.42. The van der Waals surface area contributed by atoms with Crippen LogP contribution < -0.4 is 0 Å². The molecule has 8 heteroatoms. The molecule has 4 aromatic rings. The Morgan fingerprint density at radius 2 is 1.96 bits per heavy atom. The molecule has 0 aliphatic carbocycles. The van der Waals surface area contributed by atoms with Gasteiger partial charge in [-0.1, -0.05) is 19.1 Å². The Morgan fingerprint density at radius 1 is 1.11 bits per heavy atom. The van der Waals surface area contributed by atoms with E-state index in [1.165, 1.54) is 17.8 Å². The molecule has 0 aliphatic heterocycles. The van der Waals surface area contributed by atoms with Crippen molar-refractivity contribution in [3.63, 3.8) is 0 Å². The Labute approximate surface area is 165 Å². The summed E-state index contributed by atoms with van der Waals surface area (Å²) in [5, 5.41) is 9.94. The zero-order chi connectivity index (χ0) is 19.5. The highest BCUT2D eigenvalue weighted by Crippen LogP contribution is 2.30. The molecule has 0 unspecified atom stereocenters. The summed E-state index contributed by atoms with van der Waals surface area (Å²) in [5.74, 6) is 1.53. The van der Waals surface area contributed by atoms with Crippen molar-refractivity contribution in [3.8, 4) is 11.4 Å². The molecule has 28 heavy (non-hydrogen) atoms. The average Bonchev–Trinajstić information content (AvgIpc) is 3.33. The topological polar surface area (TPSA) is 69.6 Å². The molecular weight excluding hydrogens is 377 g/mol. The van der Waals surface area contributed by atoms with Crippen molar-refractivity contribution in [3.05, 3.63) is 71.8 Å². The van der Waals surface area contributed by atoms with Gasteiger partial charge < -0.3 is 4.42 Å². The lowest BCUT2D eigenvalue weighted by atomic mass is 10.2. The van der Waals surface area contributed by atoms with Crippen LogP contribution in [0.3, 0.4) is 0 Å². The Kier molecular flexibility index (Phi) is 5.21. The van der Waals surface area contributed by atoms with Crippen molar-refractivity contribution in [1.82, 2.24) is 24.7 Å². The van der Waals surface area contributed by atoms with Gasteiger partial charge in [0, 0.05) is 5.69 Å². The Bertz CT molecular complexity index is 1090.